The minimum atomic E-state index is -0.156. The highest BCUT2D eigenvalue weighted by atomic mass is 19.1. The van der Waals surface area contributed by atoms with Gasteiger partial charge in [-0.15, -0.1) is 0 Å². The highest BCUT2D eigenvalue weighted by Crippen LogP contribution is 2.32. The molecule has 1 saturated heterocycles. The lowest BCUT2D eigenvalue weighted by molar-refractivity contribution is 0.208. The van der Waals surface area contributed by atoms with Gasteiger partial charge in [-0.3, -0.25) is 0 Å². The average Bonchev–Trinajstić information content (AvgIpc) is 2.52. The molecule has 0 saturated carbocycles. The van der Waals surface area contributed by atoms with E-state index in [-0.39, 0.29) is 24.4 Å². The molecule has 118 valence electrons. The largest absolute Gasteiger partial charge is 0.396 e. The Kier molecular flexibility index (Phi) is 6.00. The Morgan fingerprint density at radius 3 is 3.00 bits per heavy atom. The number of aliphatic hydroxyl groups is 1. The summed E-state index contributed by atoms with van der Waals surface area (Å²) in [5, 5.41) is 12.8. The van der Waals surface area contributed by atoms with E-state index in [9.17, 15) is 9.50 Å². The second kappa shape index (κ2) is 7.76. The zero-order valence-electron chi connectivity index (χ0n) is 13.1. The molecular formula is C17H27FN2O. The number of nitrogens with one attached hydrogen (secondary N) is 1. The molecule has 21 heavy (non-hydrogen) atoms. The molecule has 1 aliphatic heterocycles. The summed E-state index contributed by atoms with van der Waals surface area (Å²) in [5.74, 6) is 0.0985. The monoisotopic (exact) mass is 294 g/mol. The lowest BCUT2D eigenvalue weighted by atomic mass is 9.96. The maximum atomic E-state index is 14.4. The fourth-order valence-corrected chi connectivity index (χ4v) is 3.10. The molecule has 1 aromatic rings. The van der Waals surface area contributed by atoms with Crippen LogP contribution in [0.3, 0.4) is 0 Å². The van der Waals surface area contributed by atoms with Crippen molar-refractivity contribution in [3.05, 3.63) is 29.6 Å². The third kappa shape index (κ3) is 3.95. The van der Waals surface area contributed by atoms with E-state index in [4.69, 9.17) is 0 Å². The van der Waals surface area contributed by atoms with Gasteiger partial charge in [0.1, 0.15) is 5.82 Å². The molecule has 0 spiro atoms. The molecular weight excluding hydrogens is 267 g/mol. The molecule has 0 radical (unpaired) electrons. The third-order valence-corrected chi connectivity index (χ3v) is 4.28. The molecule has 0 aliphatic carbocycles. The van der Waals surface area contributed by atoms with Crippen molar-refractivity contribution in [2.75, 3.05) is 31.1 Å². The molecule has 1 heterocycles. The molecule has 0 bridgehead atoms. The summed E-state index contributed by atoms with van der Waals surface area (Å²) in [4.78, 5) is 2.11. The van der Waals surface area contributed by atoms with E-state index in [1.54, 1.807) is 6.07 Å². The van der Waals surface area contributed by atoms with E-state index in [1.807, 2.05) is 6.07 Å². The molecule has 2 N–H and O–H groups in total. The van der Waals surface area contributed by atoms with Crippen molar-refractivity contribution in [2.24, 2.45) is 5.92 Å². The number of hydrogen-bond acceptors (Lipinski definition) is 3. The van der Waals surface area contributed by atoms with E-state index in [1.165, 1.54) is 6.07 Å². The molecule has 0 amide bonds. The highest BCUT2D eigenvalue weighted by Gasteiger charge is 2.25. The number of piperidine rings is 1. The van der Waals surface area contributed by atoms with Gasteiger partial charge in [-0.05, 0) is 50.3 Å². The zero-order valence-corrected chi connectivity index (χ0v) is 13.1. The minimum absolute atomic E-state index is 0.130. The van der Waals surface area contributed by atoms with Gasteiger partial charge in [0.05, 0.1) is 5.69 Å². The van der Waals surface area contributed by atoms with Crippen molar-refractivity contribution in [1.29, 1.82) is 0 Å². The normalized spacial score (nSPS) is 20.6. The van der Waals surface area contributed by atoms with E-state index < -0.39 is 0 Å². The van der Waals surface area contributed by atoms with Gasteiger partial charge in [0.25, 0.3) is 0 Å². The predicted molar refractivity (Wildman–Crippen MR) is 85.1 cm³/mol. The van der Waals surface area contributed by atoms with Crippen LogP contribution in [-0.2, 0) is 0 Å². The van der Waals surface area contributed by atoms with Crippen LogP contribution < -0.4 is 10.2 Å². The van der Waals surface area contributed by atoms with Gasteiger partial charge < -0.3 is 15.3 Å². The van der Waals surface area contributed by atoms with Crippen molar-refractivity contribution in [3.8, 4) is 0 Å². The van der Waals surface area contributed by atoms with Crippen LogP contribution in [0.5, 0.6) is 0 Å². The molecule has 2 unspecified atom stereocenters. The first-order valence-electron chi connectivity index (χ1n) is 8.05. The highest BCUT2D eigenvalue weighted by molar-refractivity contribution is 5.56. The molecule has 2 rings (SSSR count). The standard InChI is InChI=1S/C17H27FN2O/c1-3-9-19-13(2)15-7-4-8-16(18)17(15)20-10-5-6-14(11-20)12-21/h4,7-8,13-14,19,21H,3,5-6,9-12H2,1-2H3. The fourth-order valence-electron chi connectivity index (χ4n) is 3.10. The first-order valence-corrected chi connectivity index (χ1v) is 8.05. The van der Waals surface area contributed by atoms with E-state index in [0.717, 1.165) is 44.5 Å². The summed E-state index contributed by atoms with van der Waals surface area (Å²) in [5.41, 5.74) is 1.73. The topological polar surface area (TPSA) is 35.5 Å². The molecule has 0 aromatic heterocycles. The third-order valence-electron chi connectivity index (χ3n) is 4.28. The van der Waals surface area contributed by atoms with Gasteiger partial charge in [0.15, 0.2) is 0 Å². The Hall–Kier alpha value is -1.13. The molecule has 1 fully saturated rings. The molecule has 2 atom stereocenters. The van der Waals surface area contributed by atoms with Crippen LogP contribution in [0, 0.1) is 11.7 Å². The van der Waals surface area contributed by atoms with Crippen molar-refractivity contribution in [1.82, 2.24) is 5.32 Å². The Morgan fingerprint density at radius 1 is 1.48 bits per heavy atom. The second-order valence-corrected chi connectivity index (χ2v) is 5.99. The van der Waals surface area contributed by atoms with Crippen LogP contribution in [0.2, 0.25) is 0 Å². The van der Waals surface area contributed by atoms with Crippen LogP contribution in [0.25, 0.3) is 0 Å². The van der Waals surface area contributed by atoms with E-state index in [2.05, 4.69) is 24.1 Å². The van der Waals surface area contributed by atoms with Gasteiger partial charge in [-0.2, -0.15) is 0 Å². The summed E-state index contributed by atoms with van der Waals surface area (Å²) in [6, 6.07) is 5.46. The molecule has 3 nitrogen and oxygen atoms in total. The van der Waals surface area contributed by atoms with Crippen molar-refractivity contribution < 1.29 is 9.50 Å². The Bertz CT molecular complexity index is 452. The van der Waals surface area contributed by atoms with Crippen molar-refractivity contribution in [3.63, 3.8) is 0 Å². The number of rotatable bonds is 6. The summed E-state index contributed by atoms with van der Waals surface area (Å²) in [7, 11) is 0. The van der Waals surface area contributed by atoms with Crippen LogP contribution >= 0.6 is 0 Å². The summed E-state index contributed by atoms with van der Waals surface area (Å²) < 4.78 is 14.4. The summed E-state index contributed by atoms with van der Waals surface area (Å²) in [6.07, 6.45) is 3.10. The van der Waals surface area contributed by atoms with E-state index >= 15 is 0 Å². The van der Waals surface area contributed by atoms with Crippen LogP contribution in [0.4, 0.5) is 10.1 Å². The number of aliphatic hydroxyl groups excluding tert-OH is 1. The number of benzene rings is 1. The lowest BCUT2D eigenvalue weighted by Gasteiger charge is -2.36. The number of nitrogens with zero attached hydrogens (tertiary/aromatic N) is 1. The van der Waals surface area contributed by atoms with Crippen molar-refractivity contribution >= 4 is 5.69 Å². The number of halogens is 1. The number of para-hydroxylation sites is 1. The lowest BCUT2D eigenvalue weighted by Crippen LogP contribution is -2.38. The Labute approximate surface area is 127 Å². The van der Waals surface area contributed by atoms with Gasteiger partial charge in [-0.25, -0.2) is 4.39 Å². The van der Waals surface area contributed by atoms with Crippen LogP contribution in [0.1, 0.15) is 44.7 Å². The minimum Gasteiger partial charge on any atom is -0.396 e. The Morgan fingerprint density at radius 2 is 2.29 bits per heavy atom. The smallest absolute Gasteiger partial charge is 0.146 e. The van der Waals surface area contributed by atoms with Crippen LogP contribution in [0.15, 0.2) is 18.2 Å². The average molecular weight is 294 g/mol. The Balaban J connectivity index is 2.24. The summed E-state index contributed by atoms with van der Waals surface area (Å²) >= 11 is 0. The quantitative estimate of drug-likeness (QED) is 0.846. The van der Waals surface area contributed by atoms with Crippen molar-refractivity contribution in [2.45, 2.75) is 39.2 Å². The predicted octanol–water partition coefficient (Wildman–Crippen LogP) is 3.10. The van der Waals surface area contributed by atoms with Gasteiger partial charge in [0, 0.05) is 25.7 Å². The molecule has 1 aromatic carbocycles. The first kappa shape index (κ1) is 16.2. The SMILES string of the molecule is CCCNC(C)c1cccc(F)c1N1CCCC(CO)C1. The number of hydrogen-bond donors (Lipinski definition) is 2. The molecule has 1 aliphatic rings. The maximum Gasteiger partial charge on any atom is 0.146 e. The van der Waals surface area contributed by atoms with Gasteiger partial charge in [-0.1, -0.05) is 19.1 Å². The number of anilines is 1. The van der Waals surface area contributed by atoms with E-state index in [0.29, 0.717) is 5.69 Å². The second-order valence-electron chi connectivity index (χ2n) is 5.99. The summed E-state index contributed by atoms with van der Waals surface area (Å²) in [6.45, 7) is 6.93. The fraction of sp³-hybridized carbons (Fsp3) is 0.647. The zero-order chi connectivity index (χ0) is 15.2. The molecule has 4 heteroatoms. The van der Waals surface area contributed by atoms with Crippen LogP contribution in [-0.4, -0.2) is 31.3 Å². The first-order chi connectivity index (χ1) is 10.2. The van der Waals surface area contributed by atoms with Gasteiger partial charge in [0.2, 0.25) is 0 Å². The maximum absolute atomic E-state index is 14.4. The van der Waals surface area contributed by atoms with Gasteiger partial charge >= 0.3 is 0 Å².